The van der Waals surface area contributed by atoms with Gasteiger partial charge in [0.1, 0.15) is 5.75 Å². The molecule has 0 fully saturated rings. The molecule has 6 heteroatoms. The number of hydrogen-bond acceptors (Lipinski definition) is 4. The molecule has 1 amide bonds. The molecule has 0 radical (unpaired) electrons. The van der Waals surface area contributed by atoms with E-state index in [1.54, 1.807) is 6.07 Å². The van der Waals surface area contributed by atoms with Crippen LogP contribution >= 0.6 is 0 Å². The van der Waals surface area contributed by atoms with Crippen molar-refractivity contribution in [1.29, 1.82) is 0 Å². The van der Waals surface area contributed by atoms with Crippen molar-refractivity contribution in [3.63, 3.8) is 0 Å². The average Bonchev–Trinajstić information content (AvgIpc) is 2.60. The van der Waals surface area contributed by atoms with Crippen LogP contribution in [0.2, 0.25) is 0 Å². The third-order valence-electron chi connectivity index (χ3n) is 3.66. The van der Waals surface area contributed by atoms with Gasteiger partial charge in [0.25, 0.3) is 11.6 Å². The number of amides is 1. The van der Waals surface area contributed by atoms with Crippen LogP contribution in [0.15, 0.2) is 48.5 Å². The minimum Gasteiger partial charge on any atom is -0.484 e. The molecular formula is C18H20N2O4. The molecule has 0 aliphatic heterocycles. The van der Waals surface area contributed by atoms with E-state index in [0.29, 0.717) is 5.75 Å². The summed E-state index contributed by atoms with van der Waals surface area (Å²) in [6, 6.07) is 13.7. The smallest absolute Gasteiger partial charge is 0.273 e. The molecule has 24 heavy (non-hydrogen) atoms. The Balaban J connectivity index is 1.88. The molecule has 2 aromatic carbocycles. The van der Waals surface area contributed by atoms with Crippen molar-refractivity contribution in [2.45, 2.75) is 26.3 Å². The summed E-state index contributed by atoms with van der Waals surface area (Å²) in [4.78, 5) is 22.2. The number of aryl methyl sites for hydroxylation is 1. The maximum atomic E-state index is 12.0. The standard InChI is InChI=1S/C18H20N2O4/c1-3-14-7-9-15(10-8-14)13(2)19-18(21)12-24-17-6-4-5-16(11-17)20(22)23/h4-11,13H,3,12H2,1-2H3,(H,19,21). The first-order valence-corrected chi connectivity index (χ1v) is 7.75. The number of carbonyl (C=O) groups is 1. The Morgan fingerprint density at radius 3 is 2.58 bits per heavy atom. The molecule has 1 unspecified atom stereocenters. The van der Waals surface area contributed by atoms with Gasteiger partial charge in [0.05, 0.1) is 17.0 Å². The predicted octanol–water partition coefficient (Wildman–Crippen LogP) is 3.41. The van der Waals surface area contributed by atoms with Crippen molar-refractivity contribution in [1.82, 2.24) is 5.32 Å². The first-order chi connectivity index (χ1) is 11.5. The highest BCUT2D eigenvalue weighted by atomic mass is 16.6. The molecule has 1 N–H and O–H groups in total. The van der Waals surface area contributed by atoms with Gasteiger partial charge in [0, 0.05) is 6.07 Å². The summed E-state index contributed by atoms with van der Waals surface area (Å²) >= 11 is 0. The van der Waals surface area contributed by atoms with Crippen molar-refractivity contribution in [3.05, 3.63) is 69.8 Å². The molecule has 2 rings (SSSR count). The lowest BCUT2D eigenvalue weighted by Crippen LogP contribution is -2.31. The topological polar surface area (TPSA) is 81.5 Å². The second-order valence-electron chi connectivity index (χ2n) is 5.43. The highest BCUT2D eigenvalue weighted by molar-refractivity contribution is 5.78. The monoisotopic (exact) mass is 328 g/mol. The van der Waals surface area contributed by atoms with Gasteiger partial charge in [0.2, 0.25) is 0 Å². The largest absolute Gasteiger partial charge is 0.484 e. The predicted molar refractivity (Wildman–Crippen MR) is 91.0 cm³/mol. The van der Waals surface area contributed by atoms with Gasteiger partial charge < -0.3 is 10.1 Å². The first kappa shape index (κ1) is 17.5. The van der Waals surface area contributed by atoms with Gasteiger partial charge in [-0.2, -0.15) is 0 Å². The average molecular weight is 328 g/mol. The normalized spacial score (nSPS) is 11.6. The van der Waals surface area contributed by atoms with Crippen LogP contribution in [-0.2, 0) is 11.2 Å². The molecular weight excluding hydrogens is 308 g/mol. The second kappa shape index (κ2) is 8.10. The number of nitrogens with zero attached hydrogens (tertiary/aromatic N) is 1. The fourth-order valence-corrected chi connectivity index (χ4v) is 2.24. The van der Waals surface area contributed by atoms with Gasteiger partial charge in [-0.15, -0.1) is 0 Å². The molecule has 0 saturated carbocycles. The van der Waals surface area contributed by atoms with Crippen LogP contribution in [0.5, 0.6) is 5.75 Å². The Morgan fingerprint density at radius 1 is 1.25 bits per heavy atom. The van der Waals surface area contributed by atoms with E-state index in [2.05, 4.69) is 12.2 Å². The van der Waals surface area contributed by atoms with Crippen molar-refractivity contribution >= 4 is 11.6 Å². The molecule has 0 heterocycles. The third kappa shape index (κ3) is 4.81. The third-order valence-corrected chi connectivity index (χ3v) is 3.66. The van der Waals surface area contributed by atoms with Crippen LogP contribution in [0.3, 0.4) is 0 Å². The lowest BCUT2D eigenvalue weighted by molar-refractivity contribution is -0.384. The summed E-state index contributed by atoms with van der Waals surface area (Å²) in [7, 11) is 0. The Bertz CT molecular complexity index is 713. The van der Waals surface area contributed by atoms with Crippen LogP contribution in [-0.4, -0.2) is 17.4 Å². The van der Waals surface area contributed by atoms with E-state index in [-0.39, 0.29) is 24.2 Å². The number of benzene rings is 2. The molecule has 0 aliphatic rings. The Kier molecular flexibility index (Phi) is 5.89. The van der Waals surface area contributed by atoms with Crippen LogP contribution in [0, 0.1) is 10.1 Å². The minimum atomic E-state index is -0.505. The number of carbonyl (C=O) groups excluding carboxylic acids is 1. The molecule has 0 aliphatic carbocycles. The van der Waals surface area contributed by atoms with E-state index < -0.39 is 4.92 Å². The lowest BCUT2D eigenvalue weighted by atomic mass is 10.1. The number of nitrogens with one attached hydrogen (secondary N) is 1. The van der Waals surface area contributed by atoms with Gasteiger partial charge in [0.15, 0.2) is 6.61 Å². The number of rotatable bonds is 7. The fraction of sp³-hybridized carbons (Fsp3) is 0.278. The van der Waals surface area contributed by atoms with E-state index in [9.17, 15) is 14.9 Å². The quantitative estimate of drug-likeness (QED) is 0.624. The molecule has 2 aromatic rings. The van der Waals surface area contributed by atoms with E-state index in [1.807, 2.05) is 31.2 Å². The minimum absolute atomic E-state index is 0.0720. The summed E-state index contributed by atoms with van der Waals surface area (Å²) < 4.78 is 5.32. The summed E-state index contributed by atoms with van der Waals surface area (Å²) in [5, 5.41) is 13.6. The molecule has 1 atom stereocenters. The van der Waals surface area contributed by atoms with E-state index in [1.165, 1.54) is 23.8 Å². The van der Waals surface area contributed by atoms with Gasteiger partial charge in [-0.1, -0.05) is 37.3 Å². The summed E-state index contributed by atoms with van der Waals surface area (Å²) in [6.45, 7) is 3.79. The number of nitro groups is 1. The Hall–Kier alpha value is -2.89. The van der Waals surface area contributed by atoms with Gasteiger partial charge >= 0.3 is 0 Å². The molecule has 0 saturated heterocycles. The molecule has 0 bridgehead atoms. The maximum Gasteiger partial charge on any atom is 0.273 e. The zero-order chi connectivity index (χ0) is 17.5. The lowest BCUT2D eigenvalue weighted by Gasteiger charge is -2.15. The van der Waals surface area contributed by atoms with Crippen molar-refractivity contribution < 1.29 is 14.5 Å². The number of non-ortho nitro benzene ring substituents is 1. The van der Waals surface area contributed by atoms with E-state index in [4.69, 9.17) is 4.74 Å². The van der Waals surface area contributed by atoms with Crippen molar-refractivity contribution in [2.75, 3.05) is 6.61 Å². The van der Waals surface area contributed by atoms with Crippen LogP contribution in [0.25, 0.3) is 0 Å². The molecule has 126 valence electrons. The van der Waals surface area contributed by atoms with Crippen LogP contribution in [0.1, 0.15) is 31.0 Å². The molecule has 0 aromatic heterocycles. The zero-order valence-corrected chi connectivity index (χ0v) is 13.7. The van der Waals surface area contributed by atoms with Crippen LogP contribution in [0.4, 0.5) is 5.69 Å². The van der Waals surface area contributed by atoms with Crippen molar-refractivity contribution in [2.24, 2.45) is 0 Å². The maximum absolute atomic E-state index is 12.0. The summed E-state index contributed by atoms with van der Waals surface area (Å²) in [5.41, 5.74) is 2.18. The second-order valence-corrected chi connectivity index (χ2v) is 5.43. The van der Waals surface area contributed by atoms with Crippen molar-refractivity contribution in [3.8, 4) is 5.75 Å². The Labute approximate surface area is 140 Å². The fourth-order valence-electron chi connectivity index (χ4n) is 2.24. The first-order valence-electron chi connectivity index (χ1n) is 7.75. The van der Waals surface area contributed by atoms with Crippen LogP contribution < -0.4 is 10.1 Å². The SMILES string of the molecule is CCc1ccc(C(C)NC(=O)COc2cccc([N+](=O)[O-])c2)cc1. The number of hydrogen-bond donors (Lipinski definition) is 1. The molecule has 0 spiro atoms. The Morgan fingerprint density at radius 2 is 1.96 bits per heavy atom. The summed E-state index contributed by atoms with van der Waals surface area (Å²) in [5.74, 6) is 0.00729. The number of ether oxygens (including phenoxy) is 1. The van der Waals surface area contributed by atoms with Gasteiger partial charge in [-0.25, -0.2) is 0 Å². The highest BCUT2D eigenvalue weighted by Crippen LogP contribution is 2.19. The van der Waals surface area contributed by atoms with E-state index >= 15 is 0 Å². The van der Waals surface area contributed by atoms with E-state index in [0.717, 1.165) is 12.0 Å². The summed E-state index contributed by atoms with van der Waals surface area (Å²) in [6.07, 6.45) is 0.970. The van der Waals surface area contributed by atoms with Gasteiger partial charge in [-0.3, -0.25) is 14.9 Å². The van der Waals surface area contributed by atoms with Gasteiger partial charge in [-0.05, 0) is 30.5 Å². The molecule has 6 nitrogen and oxygen atoms in total. The highest BCUT2D eigenvalue weighted by Gasteiger charge is 2.11. The number of nitro benzene ring substituents is 1. The zero-order valence-electron chi connectivity index (χ0n) is 13.7.